The first-order valence-corrected chi connectivity index (χ1v) is 6.87. The lowest BCUT2D eigenvalue weighted by molar-refractivity contribution is 0.423. The van der Waals surface area contributed by atoms with Gasteiger partial charge < -0.3 is 9.73 Å². The number of aryl methyl sites for hydroxylation is 1. The molecule has 0 fully saturated rings. The molecule has 2 heteroatoms. The Labute approximate surface area is 109 Å². The molecule has 0 amide bonds. The Morgan fingerprint density at radius 2 is 1.89 bits per heavy atom. The summed E-state index contributed by atoms with van der Waals surface area (Å²) in [6, 6.07) is 8.58. The van der Waals surface area contributed by atoms with E-state index in [0.717, 1.165) is 24.3 Å². The van der Waals surface area contributed by atoms with Crippen molar-refractivity contribution in [2.24, 2.45) is 5.92 Å². The standard InChI is InChI=1S/C16H23NO/c1-5-13-14-8-6-7-9-15(14)18-16(13)12(4)17-10-11(2)3/h6-9,11-12,17H,5,10H2,1-4H3. The zero-order chi connectivity index (χ0) is 13.1. The molecule has 0 bridgehead atoms. The summed E-state index contributed by atoms with van der Waals surface area (Å²) in [6.45, 7) is 9.83. The summed E-state index contributed by atoms with van der Waals surface area (Å²) in [5.41, 5.74) is 2.34. The van der Waals surface area contributed by atoms with Crippen molar-refractivity contribution in [1.29, 1.82) is 0 Å². The Kier molecular flexibility index (Phi) is 4.07. The summed E-state index contributed by atoms with van der Waals surface area (Å²) in [7, 11) is 0. The third-order valence-corrected chi connectivity index (χ3v) is 3.31. The second-order valence-electron chi connectivity index (χ2n) is 5.32. The third-order valence-electron chi connectivity index (χ3n) is 3.31. The fourth-order valence-electron chi connectivity index (χ4n) is 2.34. The fourth-order valence-corrected chi connectivity index (χ4v) is 2.34. The van der Waals surface area contributed by atoms with Gasteiger partial charge in [-0.25, -0.2) is 0 Å². The quantitative estimate of drug-likeness (QED) is 0.849. The molecule has 1 atom stereocenters. The summed E-state index contributed by atoms with van der Waals surface area (Å²) in [5.74, 6) is 1.75. The minimum absolute atomic E-state index is 0.273. The molecule has 0 spiro atoms. The van der Waals surface area contributed by atoms with E-state index in [-0.39, 0.29) is 6.04 Å². The fraction of sp³-hybridized carbons (Fsp3) is 0.500. The van der Waals surface area contributed by atoms with Crippen molar-refractivity contribution in [3.63, 3.8) is 0 Å². The van der Waals surface area contributed by atoms with Crippen molar-refractivity contribution >= 4 is 11.0 Å². The van der Waals surface area contributed by atoms with Crippen LogP contribution in [0.3, 0.4) is 0 Å². The van der Waals surface area contributed by atoms with E-state index in [1.807, 2.05) is 12.1 Å². The van der Waals surface area contributed by atoms with Crippen LogP contribution in [0.2, 0.25) is 0 Å². The number of para-hydroxylation sites is 1. The Morgan fingerprint density at radius 1 is 1.17 bits per heavy atom. The van der Waals surface area contributed by atoms with Gasteiger partial charge >= 0.3 is 0 Å². The largest absolute Gasteiger partial charge is 0.459 e. The van der Waals surface area contributed by atoms with Gasteiger partial charge in [-0.1, -0.05) is 39.0 Å². The van der Waals surface area contributed by atoms with Gasteiger partial charge in [0, 0.05) is 10.9 Å². The van der Waals surface area contributed by atoms with Crippen LogP contribution < -0.4 is 5.32 Å². The normalized spacial score (nSPS) is 13.4. The Bertz CT molecular complexity index is 513. The maximum absolute atomic E-state index is 6.02. The second kappa shape index (κ2) is 5.57. The summed E-state index contributed by atoms with van der Waals surface area (Å²) >= 11 is 0. The first-order chi connectivity index (χ1) is 8.63. The van der Waals surface area contributed by atoms with Crippen LogP contribution in [-0.4, -0.2) is 6.54 Å². The van der Waals surface area contributed by atoms with Gasteiger partial charge in [-0.15, -0.1) is 0 Å². The number of fused-ring (bicyclic) bond motifs is 1. The van der Waals surface area contributed by atoms with Crippen molar-refractivity contribution in [1.82, 2.24) is 5.32 Å². The lowest BCUT2D eigenvalue weighted by Gasteiger charge is -2.14. The van der Waals surface area contributed by atoms with E-state index in [1.165, 1.54) is 10.9 Å². The molecule has 0 aliphatic heterocycles. The lowest BCUT2D eigenvalue weighted by atomic mass is 10.0. The number of hydrogen-bond acceptors (Lipinski definition) is 2. The molecule has 18 heavy (non-hydrogen) atoms. The second-order valence-corrected chi connectivity index (χ2v) is 5.32. The van der Waals surface area contributed by atoms with Crippen LogP contribution in [0.5, 0.6) is 0 Å². The maximum Gasteiger partial charge on any atom is 0.134 e. The predicted molar refractivity (Wildman–Crippen MR) is 76.8 cm³/mol. The minimum Gasteiger partial charge on any atom is -0.459 e. The molecular weight excluding hydrogens is 222 g/mol. The van der Waals surface area contributed by atoms with E-state index in [9.17, 15) is 0 Å². The van der Waals surface area contributed by atoms with Gasteiger partial charge in [-0.05, 0) is 31.9 Å². The highest BCUT2D eigenvalue weighted by Gasteiger charge is 2.17. The van der Waals surface area contributed by atoms with Crippen molar-refractivity contribution < 1.29 is 4.42 Å². The van der Waals surface area contributed by atoms with E-state index in [2.05, 4.69) is 45.1 Å². The number of furan rings is 1. The van der Waals surface area contributed by atoms with E-state index in [1.54, 1.807) is 0 Å². The molecule has 0 aliphatic carbocycles. The van der Waals surface area contributed by atoms with E-state index in [4.69, 9.17) is 4.42 Å². The molecule has 0 radical (unpaired) electrons. The van der Waals surface area contributed by atoms with Gasteiger partial charge in [-0.2, -0.15) is 0 Å². The zero-order valence-corrected chi connectivity index (χ0v) is 11.8. The zero-order valence-electron chi connectivity index (χ0n) is 11.8. The molecule has 0 aliphatic rings. The van der Waals surface area contributed by atoms with E-state index < -0.39 is 0 Å². The monoisotopic (exact) mass is 245 g/mol. The predicted octanol–water partition coefficient (Wildman–Crippen LogP) is 4.30. The maximum atomic E-state index is 6.02. The van der Waals surface area contributed by atoms with Crippen molar-refractivity contribution in [2.75, 3.05) is 6.54 Å². The first kappa shape index (κ1) is 13.2. The number of benzene rings is 1. The van der Waals surface area contributed by atoms with Gasteiger partial charge in [0.2, 0.25) is 0 Å². The van der Waals surface area contributed by atoms with Crippen LogP contribution in [-0.2, 0) is 6.42 Å². The number of hydrogen-bond donors (Lipinski definition) is 1. The summed E-state index contributed by atoms with van der Waals surface area (Å²) in [4.78, 5) is 0. The highest BCUT2D eigenvalue weighted by Crippen LogP contribution is 2.30. The van der Waals surface area contributed by atoms with Crippen LogP contribution in [0.1, 0.15) is 45.1 Å². The van der Waals surface area contributed by atoms with E-state index in [0.29, 0.717) is 5.92 Å². The van der Waals surface area contributed by atoms with Gasteiger partial charge in [0.1, 0.15) is 11.3 Å². The molecule has 2 nitrogen and oxygen atoms in total. The molecule has 2 aromatic rings. The highest BCUT2D eigenvalue weighted by atomic mass is 16.3. The van der Waals surface area contributed by atoms with Gasteiger partial charge in [-0.3, -0.25) is 0 Å². The van der Waals surface area contributed by atoms with E-state index >= 15 is 0 Å². The van der Waals surface area contributed by atoms with Gasteiger partial charge in [0.25, 0.3) is 0 Å². The minimum atomic E-state index is 0.273. The van der Waals surface area contributed by atoms with Crippen LogP contribution in [0.4, 0.5) is 0 Å². The third kappa shape index (κ3) is 2.59. The summed E-state index contributed by atoms with van der Waals surface area (Å²) in [6.07, 6.45) is 1.01. The number of nitrogens with one attached hydrogen (secondary N) is 1. The molecular formula is C16H23NO. The van der Waals surface area contributed by atoms with Gasteiger partial charge in [0.05, 0.1) is 6.04 Å². The molecule has 0 saturated carbocycles. The van der Waals surface area contributed by atoms with Gasteiger partial charge in [0.15, 0.2) is 0 Å². The topological polar surface area (TPSA) is 25.2 Å². The van der Waals surface area contributed by atoms with Crippen LogP contribution >= 0.6 is 0 Å². The Hall–Kier alpha value is -1.28. The highest BCUT2D eigenvalue weighted by molar-refractivity contribution is 5.82. The van der Waals surface area contributed by atoms with Crippen molar-refractivity contribution in [3.8, 4) is 0 Å². The Balaban J connectivity index is 2.31. The molecule has 0 saturated heterocycles. The molecule has 98 valence electrons. The average molecular weight is 245 g/mol. The SMILES string of the molecule is CCc1c(C(C)NCC(C)C)oc2ccccc12. The molecule has 1 heterocycles. The van der Waals surface area contributed by atoms with Crippen LogP contribution in [0.25, 0.3) is 11.0 Å². The lowest BCUT2D eigenvalue weighted by Crippen LogP contribution is -2.23. The Morgan fingerprint density at radius 3 is 2.56 bits per heavy atom. The van der Waals surface area contributed by atoms with Crippen LogP contribution in [0.15, 0.2) is 28.7 Å². The van der Waals surface area contributed by atoms with Crippen molar-refractivity contribution in [2.45, 2.75) is 40.2 Å². The summed E-state index contributed by atoms with van der Waals surface area (Å²) in [5, 5.41) is 4.80. The molecule has 1 N–H and O–H groups in total. The average Bonchev–Trinajstić information content (AvgIpc) is 2.74. The molecule has 2 rings (SSSR count). The van der Waals surface area contributed by atoms with Crippen molar-refractivity contribution in [3.05, 3.63) is 35.6 Å². The summed E-state index contributed by atoms with van der Waals surface area (Å²) < 4.78 is 6.02. The number of rotatable bonds is 5. The molecule has 1 unspecified atom stereocenters. The smallest absolute Gasteiger partial charge is 0.134 e. The molecule has 1 aromatic heterocycles. The van der Waals surface area contributed by atoms with Crippen LogP contribution in [0, 0.1) is 5.92 Å². The molecule has 1 aromatic carbocycles. The first-order valence-electron chi connectivity index (χ1n) is 6.87.